The molecule has 0 aliphatic carbocycles. The van der Waals surface area contributed by atoms with Gasteiger partial charge >= 0.3 is 0 Å². The van der Waals surface area contributed by atoms with Gasteiger partial charge in [0.2, 0.25) is 0 Å². The first-order valence-electron chi connectivity index (χ1n) is 4.69. The third-order valence-electron chi connectivity index (χ3n) is 2.32. The lowest BCUT2D eigenvalue weighted by molar-refractivity contribution is 0.148. The molecule has 0 saturated heterocycles. The van der Waals surface area contributed by atoms with Crippen LogP contribution in [-0.4, -0.2) is 5.11 Å². The standard InChI is InChI=1S/C11H10BrFO2/c1-2-9(14)10-5-6-8(13)4-3-7(12)11(6)15-10/h3-5,9,14H,2H2,1H3. The highest BCUT2D eigenvalue weighted by Crippen LogP contribution is 2.32. The summed E-state index contributed by atoms with van der Waals surface area (Å²) >= 11 is 3.27. The van der Waals surface area contributed by atoms with Crippen molar-refractivity contribution in [1.29, 1.82) is 0 Å². The molecule has 0 aliphatic rings. The maximum absolute atomic E-state index is 13.4. The Labute approximate surface area is 94.8 Å². The predicted octanol–water partition coefficient (Wildman–Crippen LogP) is 3.78. The van der Waals surface area contributed by atoms with E-state index in [1.54, 1.807) is 12.1 Å². The fraction of sp³-hybridized carbons (Fsp3) is 0.273. The van der Waals surface area contributed by atoms with Gasteiger partial charge in [0.25, 0.3) is 0 Å². The fourth-order valence-electron chi connectivity index (χ4n) is 1.44. The molecule has 0 saturated carbocycles. The Balaban J connectivity index is 2.64. The van der Waals surface area contributed by atoms with Crippen molar-refractivity contribution in [1.82, 2.24) is 0 Å². The number of hydrogen-bond donors (Lipinski definition) is 1. The number of furan rings is 1. The number of hydrogen-bond acceptors (Lipinski definition) is 2. The van der Waals surface area contributed by atoms with Crippen LogP contribution >= 0.6 is 15.9 Å². The second-order valence-electron chi connectivity index (χ2n) is 3.34. The average molecular weight is 273 g/mol. The zero-order valence-electron chi connectivity index (χ0n) is 8.13. The van der Waals surface area contributed by atoms with Crippen LogP contribution in [-0.2, 0) is 0 Å². The maximum Gasteiger partial charge on any atom is 0.151 e. The van der Waals surface area contributed by atoms with Gasteiger partial charge in [0, 0.05) is 0 Å². The SMILES string of the molecule is CCC(O)c1cc2c(F)ccc(Br)c2o1. The molecule has 1 aromatic heterocycles. The van der Waals surface area contributed by atoms with Gasteiger partial charge < -0.3 is 9.52 Å². The Kier molecular flexibility index (Phi) is 2.80. The van der Waals surface area contributed by atoms with Crippen molar-refractivity contribution in [3.8, 4) is 0 Å². The van der Waals surface area contributed by atoms with E-state index in [4.69, 9.17) is 4.42 Å². The minimum absolute atomic E-state index is 0.341. The lowest BCUT2D eigenvalue weighted by atomic mass is 10.2. The monoisotopic (exact) mass is 272 g/mol. The lowest BCUT2D eigenvalue weighted by Crippen LogP contribution is -1.91. The average Bonchev–Trinajstić information content (AvgIpc) is 2.68. The van der Waals surface area contributed by atoms with Gasteiger partial charge in [-0.15, -0.1) is 0 Å². The Hall–Kier alpha value is -0.870. The number of fused-ring (bicyclic) bond motifs is 1. The number of halogens is 2. The predicted molar refractivity (Wildman–Crippen MR) is 59.1 cm³/mol. The van der Waals surface area contributed by atoms with E-state index in [1.807, 2.05) is 6.92 Å². The van der Waals surface area contributed by atoms with E-state index in [1.165, 1.54) is 6.07 Å². The minimum Gasteiger partial charge on any atom is -0.457 e. The number of aliphatic hydroxyl groups excluding tert-OH is 1. The molecule has 0 radical (unpaired) electrons. The first-order chi connectivity index (χ1) is 7.13. The molecule has 15 heavy (non-hydrogen) atoms. The molecular weight excluding hydrogens is 263 g/mol. The molecule has 1 aromatic carbocycles. The largest absolute Gasteiger partial charge is 0.457 e. The first-order valence-corrected chi connectivity index (χ1v) is 5.48. The highest BCUT2D eigenvalue weighted by atomic mass is 79.9. The van der Waals surface area contributed by atoms with E-state index in [9.17, 15) is 9.50 Å². The lowest BCUT2D eigenvalue weighted by Gasteiger charge is -2.01. The molecule has 1 heterocycles. The summed E-state index contributed by atoms with van der Waals surface area (Å²) in [6.45, 7) is 1.84. The first kappa shape index (κ1) is 10.6. The number of rotatable bonds is 2. The van der Waals surface area contributed by atoms with Gasteiger partial charge in [0.05, 0.1) is 9.86 Å². The number of aliphatic hydroxyl groups is 1. The van der Waals surface area contributed by atoms with Crippen molar-refractivity contribution < 1.29 is 13.9 Å². The summed E-state index contributed by atoms with van der Waals surface area (Å²) in [5.74, 6) is 0.0600. The van der Waals surface area contributed by atoms with E-state index in [0.717, 1.165) is 0 Å². The smallest absolute Gasteiger partial charge is 0.151 e. The molecule has 1 N–H and O–H groups in total. The summed E-state index contributed by atoms with van der Waals surface area (Å²) in [6, 6.07) is 4.50. The van der Waals surface area contributed by atoms with Gasteiger partial charge in [-0.05, 0) is 40.5 Å². The molecule has 1 unspecified atom stereocenters. The zero-order chi connectivity index (χ0) is 11.0. The molecule has 2 rings (SSSR count). The second-order valence-corrected chi connectivity index (χ2v) is 4.20. The molecule has 0 fully saturated rings. The highest BCUT2D eigenvalue weighted by Gasteiger charge is 2.15. The molecule has 0 spiro atoms. The van der Waals surface area contributed by atoms with Crippen LogP contribution in [0.1, 0.15) is 25.2 Å². The zero-order valence-corrected chi connectivity index (χ0v) is 9.71. The van der Waals surface area contributed by atoms with Crippen LogP contribution < -0.4 is 0 Å². The van der Waals surface area contributed by atoms with Crippen LogP contribution in [0.15, 0.2) is 27.1 Å². The molecule has 2 nitrogen and oxygen atoms in total. The molecule has 0 aliphatic heterocycles. The van der Waals surface area contributed by atoms with Crippen molar-refractivity contribution in [2.24, 2.45) is 0 Å². The maximum atomic E-state index is 13.4. The van der Waals surface area contributed by atoms with E-state index < -0.39 is 6.10 Å². The summed E-state index contributed by atoms with van der Waals surface area (Å²) < 4.78 is 19.5. The molecule has 0 amide bonds. The molecular formula is C11H10BrFO2. The van der Waals surface area contributed by atoms with Crippen LogP contribution in [0, 0.1) is 5.82 Å². The number of benzene rings is 1. The van der Waals surface area contributed by atoms with Crippen LogP contribution in [0.3, 0.4) is 0 Å². The van der Waals surface area contributed by atoms with Crippen LogP contribution in [0.25, 0.3) is 11.0 Å². The van der Waals surface area contributed by atoms with Crippen molar-refractivity contribution in [2.45, 2.75) is 19.4 Å². The molecule has 1 atom stereocenters. The minimum atomic E-state index is -0.677. The van der Waals surface area contributed by atoms with Crippen LogP contribution in [0.4, 0.5) is 4.39 Å². The van der Waals surface area contributed by atoms with Crippen molar-refractivity contribution in [2.75, 3.05) is 0 Å². The Morgan fingerprint density at radius 2 is 2.27 bits per heavy atom. The third-order valence-corrected chi connectivity index (χ3v) is 2.94. The third kappa shape index (κ3) is 1.79. The van der Waals surface area contributed by atoms with Crippen molar-refractivity contribution in [3.05, 3.63) is 34.2 Å². The van der Waals surface area contributed by atoms with Crippen LogP contribution in [0.5, 0.6) is 0 Å². The van der Waals surface area contributed by atoms with Gasteiger partial charge in [-0.2, -0.15) is 0 Å². The normalized spacial score (nSPS) is 13.3. The van der Waals surface area contributed by atoms with Gasteiger partial charge in [-0.3, -0.25) is 0 Å². The fourth-order valence-corrected chi connectivity index (χ4v) is 1.87. The molecule has 0 bridgehead atoms. The van der Waals surface area contributed by atoms with E-state index in [-0.39, 0.29) is 5.82 Å². The highest BCUT2D eigenvalue weighted by molar-refractivity contribution is 9.10. The van der Waals surface area contributed by atoms with Gasteiger partial charge in [-0.25, -0.2) is 4.39 Å². The summed E-state index contributed by atoms with van der Waals surface area (Å²) in [4.78, 5) is 0. The van der Waals surface area contributed by atoms with Gasteiger partial charge in [0.1, 0.15) is 17.7 Å². The Morgan fingerprint density at radius 1 is 1.53 bits per heavy atom. The summed E-state index contributed by atoms with van der Waals surface area (Å²) in [5, 5.41) is 9.98. The van der Waals surface area contributed by atoms with Crippen LogP contribution in [0.2, 0.25) is 0 Å². The van der Waals surface area contributed by atoms with Crippen molar-refractivity contribution >= 4 is 26.9 Å². The van der Waals surface area contributed by atoms with E-state index >= 15 is 0 Å². The Bertz CT molecular complexity index is 454. The molecule has 2 aromatic rings. The van der Waals surface area contributed by atoms with Crippen molar-refractivity contribution in [3.63, 3.8) is 0 Å². The van der Waals surface area contributed by atoms with Gasteiger partial charge in [-0.1, -0.05) is 6.92 Å². The molecule has 4 heteroatoms. The van der Waals surface area contributed by atoms with E-state index in [2.05, 4.69) is 15.9 Å². The van der Waals surface area contributed by atoms with Gasteiger partial charge in [0.15, 0.2) is 5.58 Å². The topological polar surface area (TPSA) is 33.4 Å². The Morgan fingerprint density at radius 3 is 2.87 bits per heavy atom. The van der Waals surface area contributed by atoms with E-state index in [0.29, 0.717) is 27.6 Å². The summed E-state index contributed by atoms with van der Waals surface area (Å²) in [7, 11) is 0. The summed E-state index contributed by atoms with van der Waals surface area (Å²) in [5.41, 5.74) is 0.442. The second kappa shape index (κ2) is 3.94. The quantitative estimate of drug-likeness (QED) is 0.903. The summed E-state index contributed by atoms with van der Waals surface area (Å²) in [6.07, 6.45) is -0.136. The molecule has 80 valence electrons.